The lowest BCUT2D eigenvalue weighted by molar-refractivity contribution is 0.102. The van der Waals surface area contributed by atoms with Crippen LogP contribution in [0.1, 0.15) is 16.2 Å². The van der Waals surface area contributed by atoms with Crippen LogP contribution < -0.4 is 10.2 Å². The van der Waals surface area contributed by atoms with Crippen molar-refractivity contribution >= 4 is 28.5 Å². The zero-order chi connectivity index (χ0) is 19.0. The van der Waals surface area contributed by atoms with Crippen molar-refractivity contribution in [3.8, 4) is 0 Å². The second-order valence-electron chi connectivity index (χ2n) is 6.69. The van der Waals surface area contributed by atoms with E-state index in [0.717, 1.165) is 32.0 Å². The lowest BCUT2D eigenvalue weighted by atomic mass is 10.2. The summed E-state index contributed by atoms with van der Waals surface area (Å²) in [6, 6.07) is 6.35. The summed E-state index contributed by atoms with van der Waals surface area (Å²) in [5.41, 5.74) is 1.17. The summed E-state index contributed by atoms with van der Waals surface area (Å²) < 4.78 is 19.4. The molecule has 1 aliphatic rings. The SMILES string of the molecule is Cc1nc2c(F)cc(NC(=O)c3ccc(N4CCN(C)CC4)nc3)cc2o1. The van der Waals surface area contributed by atoms with Gasteiger partial charge in [-0.05, 0) is 25.2 Å². The number of nitrogens with zero attached hydrogens (tertiary/aromatic N) is 4. The van der Waals surface area contributed by atoms with Crippen molar-refractivity contribution in [2.24, 2.45) is 0 Å². The number of aryl methyl sites for hydroxylation is 1. The van der Waals surface area contributed by atoms with Crippen molar-refractivity contribution in [3.63, 3.8) is 0 Å². The fraction of sp³-hybridized carbons (Fsp3) is 0.316. The molecule has 0 saturated carbocycles. The Morgan fingerprint density at radius 1 is 1.22 bits per heavy atom. The van der Waals surface area contributed by atoms with Gasteiger partial charge in [-0.2, -0.15) is 0 Å². The highest BCUT2D eigenvalue weighted by atomic mass is 19.1. The summed E-state index contributed by atoms with van der Waals surface area (Å²) in [6.07, 6.45) is 1.54. The fourth-order valence-electron chi connectivity index (χ4n) is 3.12. The number of likely N-dealkylation sites (N-methyl/N-ethyl adjacent to an activating group) is 1. The number of benzene rings is 1. The minimum atomic E-state index is -0.539. The van der Waals surface area contributed by atoms with E-state index < -0.39 is 5.82 Å². The number of carbonyl (C=O) groups is 1. The van der Waals surface area contributed by atoms with Crippen LogP contribution in [0.4, 0.5) is 15.9 Å². The summed E-state index contributed by atoms with van der Waals surface area (Å²) in [5.74, 6) is 0.325. The van der Waals surface area contributed by atoms with Gasteiger partial charge in [0.2, 0.25) is 0 Å². The number of carbonyl (C=O) groups excluding carboxylic acids is 1. The Balaban J connectivity index is 1.48. The minimum absolute atomic E-state index is 0.156. The number of nitrogens with one attached hydrogen (secondary N) is 1. The molecule has 8 heteroatoms. The highest BCUT2D eigenvalue weighted by Crippen LogP contribution is 2.24. The van der Waals surface area contributed by atoms with Crippen LogP contribution in [-0.4, -0.2) is 54.0 Å². The van der Waals surface area contributed by atoms with Crippen LogP contribution in [0.5, 0.6) is 0 Å². The maximum absolute atomic E-state index is 14.1. The average molecular weight is 369 g/mol. The molecule has 0 aliphatic carbocycles. The topological polar surface area (TPSA) is 74.5 Å². The van der Waals surface area contributed by atoms with Gasteiger partial charge in [0, 0.05) is 51.1 Å². The number of rotatable bonds is 3. The van der Waals surface area contributed by atoms with Gasteiger partial charge in [0.15, 0.2) is 17.3 Å². The predicted molar refractivity (Wildman–Crippen MR) is 101 cm³/mol. The summed E-state index contributed by atoms with van der Waals surface area (Å²) in [5, 5.41) is 2.68. The molecule has 1 aromatic carbocycles. The number of piperazine rings is 1. The zero-order valence-corrected chi connectivity index (χ0v) is 15.2. The Hall–Kier alpha value is -3.00. The van der Waals surface area contributed by atoms with E-state index in [1.54, 1.807) is 19.1 Å². The molecule has 1 aliphatic heterocycles. The monoisotopic (exact) mass is 369 g/mol. The zero-order valence-electron chi connectivity index (χ0n) is 15.2. The highest BCUT2D eigenvalue weighted by Gasteiger charge is 2.16. The summed E-state index contributed by atoms with van der Waals surface area (Å²) in [6.45, 7) is 5.43. The molecule has 1 fully saturated rings. The van der Waals surface area contributed by atoms with E-state index in [2.05, 4.69) is 32.1 Å². The smallest absolute Gasteiger partial charge is 0.257 e. The molecule has 0 atom stereocenters. The van der Waals surface area contributed by atoms with Gasteiger partial charge in [-0.1, -0.05) is 0 Å². The molecular formula is C19H20FN5O2. The molecule has 0 bridgehead atoms. The van der Waals surface area contributed by atoms with Crippen LogP contribution in [-0.2, 0) is 0 Å². The van der Waals surface area contributed by atoms with Gasteiger partial charge in [0.1, 0.15) is 11.3 Å². The van der Waals surface area contributed by atoms with Crippen LogP contribution in [0, 0.1) is 12.7 Å². The van der Waals surface area contributed by atoms with E-state index in [9.17, 15) is 9.18 Å². The van der Waals surface area contributed by atoms with Gasteiger partial charge < -0.3 is 19.5 Å². The molecule has 1 amide bonds. The third-order valence-electron chi connectivity index (χ3n) is 4.65. The van der Waals surface area contributed by atoms with E-state index >= 15 is 0 Å². The van der Waals surface area contributed by atoms with Crippen molar-refractivity contribution in [2.75, 3.05) is 43.4 Å². The fourth-order valence-corrected chi connectivity index (χ4v) is 3.12. The minimum Gasteiger partial charge on any atom is -0.441 e. The van der Waals surface area contributed by atoms with Crippen LogP contribution in [0.2, 0.25) is 0 Å². The Morgan fingerprint density at radius 2 is 2.00 bits per heavy atom. The second kappa shape index (κ2) is 6.96. The van der Waals surface area contributed by atoms with Gasteiger partial charge in [-0.25, -0.2) is 14.4 Å². The Morgan fingerprint density at radius 3 is 2.70 bits per heavy atom. The number of oxazole rings is 1. The number of anilines is 2. The Kier molecular flexibility index (Phi) is 4.49. The molecule has 2 aromatic heterocycles. The summed E-state index contributed by atoms with van der Waals surface area (Å²) >= 11 is 0. The molecule has 27 heavy (non-hydrogen) atoms. The maximum atomic E-state index is 14.1. The van der Waals surface area contributed by atoms with Gasteiger partial charge in [-0.3, -0.25) is 4.79 Å². The van der Waals surface area contributed by atoms with E-state index in [0.29, 0.717) is 22.7 Å². The number of fused-ring (bicyclic) bond motifs is 1. The standard InChI is InChI=1S/C19H20FN5O2/c1-12-22-18-15(20)9-14(10-16(18)27-12)23-19(26)13-3-4-17(21-11-13)25-7-5-24(2)6-8-25/h3-4,9-11H,5-8H2,1-2H3,(H,23,26). The predicted octanol–water partition coefficient (Wildman–Crippen LogP) is 2.67. The first-order valence-corrected chi connectivity index (χ1v) is 8.77. The van der Waals surface area contributed by atoms with E-state index in [1.807, 2.05) is 6.07 Å². The molecule has 0 unspecified atom stereocenters. The molecule has 7 nitrogen and oxygen atoms in total. The van der Waals surface area contributed by atoms with Crippen molar-refractivity contribution < 1.29 is 13.6 Å². The highest BCUT2D eigenvalue weighted by molar-refractivity contribution is 6.04. The maximum Gasteiger partial charge on any atom is 0.257 e. The number of hydrogen-bond donors (Lipinski definition) is 1. The second-order valence-corrected chi connectivity index (χ2v) is 6.69. The van der Waals surface area contributed by atoms with Gasteiger partial charge in [0.05, 0.1) is 5.56 Å². The summed E-state index contributed by atoms with van der Waals surface area (Å²) in [4.78, 5) is 25.3. The van der Waals surface area contributed by atoms with E-state index in [-0.39, 0.29) is 11.4 Å². The summed E-state index contributed by atoms with van der Waals surface area (Å²) in [7, 11) is 2.10. The first-order valence-electron chi connectivity index (χ1n) is 8.77. The number of amides is 1. The third-order valence-corrected chi connectivity index (χ3v) is 4.65. The van der Waals surface area contributed by atoms with Crippen LogP contribution >= 0.6 is 0 Å². The number of aromatic nitrogens is 2. The van der Waals surface area contributed by atoms with Crippen molar-refractivity contribution in [2.45, 2.75) is 6.92 Å². The van der Waals surface area contributed by atoms with E-state index in [4.69, 9.17) is 4.42 Å². The van der Waals surface area contributed by atoms with Gasteiger partial charge in [0.25, 0.3) is 5.91 Å². The lowest BCUT2D eigenvalue weighted by Gasteiger charge is -2.33. The third kappa shape index (κ3) is 3.61. The molecule has 0 radical (unpaired) electrons. The van der Waals surface area contributed by atoms with Crippen molar-refractivity contribution in [1.82, 2.24) is 14.9 Å². The first-order chi connectivity index (χ1) is 13.0. The lowest BCUT2D eigenvalue weighted by Crippen LogP contribution is -2.44. The molecule has 1 N–H and O–H groups in total. The number of pyridine rings is 1. The van der Waals surface area contributed by atoms with Gasteiger partial charge in [-0.15, -0.1) is 0 Å². The molecule has 3 heterocycles. The van der Waals surface area contributed by atoms with Crippen LogP contribution in [0.25, 0.3) is 11.1 Å². The Labute approximate surface area is 155 Å². The van der Waals surface area contributed by atoms with Crippen molar-refractivity contribution in [1.29, 1.82) is 0 Å². The van der Waals surface area contributed by atoms with E-state index in [1.165, 1.54) is 12.3 Å². The largest absolute Gasteiger partial charge is 0.441 e. The molecule has 3 aromatic rings. The van der Waals surface area contributed by atoms with Gasteiger partial charge >= 0.3 is 0 Å². The molecular weight excluding hydrogens is 349 g/mol. The van der Waals surface area contributed by atoms with Crippen molar-refractivity contribution in [3.05, 3.63) is 47.7 Å². The van der Waals surface area contributed by atoms with Crippen LogP contribution in [0.15, 0.2) is 34.9 Å². The normalized spacial score (nSPS) is 15.3. The average Bonchev–Trinajstić information content (AvgIpc) is 3.03. The number of hydrogen-bond acceptors (Lipinski definition) is 6. The first kappa shape index (κ1) is 17.4. The molecule has 0 spiro atoms. The Bertz CT molecular complexity index is 978. The van der Waals surface area contributed by atoms with Crippen LogP contribution in [0.3, 0.4) is 0 Å². The number of halogens is 1. The quantitative estimate of drug-likeness (QED) is 0.765. The molecule has 4 rings (SSSR count). The molecule has 1 saturated heterocycles. The molecule has 140 valence electrons.